The van der Waals surface area contributed by atoms with Crippen LogP contribution in [0.3, 0.4) is 0 Å². The molecule has 1 aliphatic rings. The number of fused-ring (bicyclic) bond motifs is 1. The average Bonchev–Trinajstić information content (AvgIpc) is 3.49. The van der Waals surface area contributed by atoms with Crippen LogP contribution in [0.2, 0.25) is 0 Å². The molecule has 35 heavy (non-hydrogen) atoms. The standard InChI is InChI=1S/C21H24N10O3S/c1-28-17-15(18(33)24-20(28)34)30(19(23-17)29-9-7-13(8-10-29)16(22)32)11-12-35-21-25-26-27-31(21)14-5-3-2-4-6-14/h2-6,13H,7-12H2,1H3,(H2,22,32)(H,24,33,34). The lowest BCUT2D eigenvalue weighted by Gasteiger charge is -2.31. The van der Waals surface area contributed by atoms with Crippen molar-refractivity contribution in [1.82, 2.24) is 39.3 Å². The quantitative estimate of drug-likeness (QED) is 0.332. The van der Waals surface area contributed by atoms with Gasteiger partial charge in [-0.2, -0.15) is 9.67 Å². The molecule has 182 valence electrons. The van der Waals surface area contributed by atoms with Crippen LogP contribution in [0.1, 0.15) is 12.8 Å². The molecule has 0 bridgehead atoms. The summed E-state index contributed by atoms with van der Waals surface area (Å²) >= 11 is 1.45. The Morgan fingerprint density at radius 2 is 1.94 bits per heavy atom. The summed E-state index contributed by atoms with van der Waals surface area (Å²) in [6.45, 7) is 1.57. The zero-order chi connectivity index (χ0) is 24.5. The zero-order valence-electron chi connectivity index (χ0n) is 19.0. The number of aromatic amines is 1. The van der Waals surface area contributed by atoms with Crippen molar-refractivity contribution in [2.45, 2.75) is 24.5 Å². The van der Waals surface area contributed by atoms with E-state index in [-0.39, 0.29) is 11.8 Å². The number of tetrazole rings is 1. The number of imidazole rings is 1. The molecule has 4 heterocycles. The molecule has 1 aliphatic heterocycles. The van der Waals surface area contributed by atoms with Crippen LogP contribution in [0.15, 0.2) is 45.1 Å². The van der Waals surface area contributed by atoms with Crippen molar-refractivity contribution in [3.8, 4) is 5.69 Å². The smallest absolute Gasteiger partial charge is 0.329 e. The van der Waals surface area contributed by atoms with Crippen molar-refractivity contribution < 1.29 is 4.79 Å². The maximum absolute atomic E-state index is 12.8. The summed E-state index contributed by atoms with van der Waals surface area (Å²) in [5, 5.41) is 12.6. The van der Waals surface area contributed by atoms with Crippen molar-refractivity contribution >= 4 is 34.8 Å². The number of piperidine rings is 1. The van der Waals surface area contributed by atoms with Crippen molar-refractivity contribution in [3.63, 3.8) is 0 Å². The van der Waals surface area contributed by atoms with Crippen molar-refractivity contribution in [2.24, 2.45) is 18.7 Å². The minimum atomic E-state index is -0.525. The van der Waals surface area contributed by atoms with Gasteiger partial charge in [-0.25, -0.2) is 4.79 Å². The number of thioether (sulfide) groups is 1. The first-order valence-corrected chi connectivity index (χ1v) is 12.1. The minimum Gasteiger partial charge on any atom is -0.369 e. The van der Waals surface area contributed by atoms with Gasteiger partial charge in [-0.15, -0.1) is 5.10 Å². The second-order valence-corrected chi connectivity index (χ2v) is 9.34. The lowest BCUT2D eigenvalue weighted by molar-refractivity contribution is -0.122. The molecule has 13 nitrogen and oxygen atoms in total. The second-order valence-electron chi connectivity index (χ2n) is 8.27. The van der Waals surface area contributed by atoms with E-state index in [9.17, 15) is 14.4 Å². The van der Waals surface area contributed by atoms with E-state index in [1.807, 2.05) is 39.8 Å². The molecule has 0 saturated carbocycles. The van der Waals surface area contributed by atoms with E-state index in [1.165, 1.54) is 16.3 Å². The number of amides is 1. The summed E-state index contributed by atoms with van der Waals surface area (Å²) in [6, 6.07) is 9.57. The first kappa shape index (κ1) is 22.8. The fraction of sp³-hybridized carbons (Fsp3) is 0.381. The van der Waals surface area contributed by atoms with Gasteiger partial charge in [0.2, 0.25) is 17.0 Å². The van der Waals surface area contributed by atoms with Crippen LogP contribution in [0.4, 0.5) is 5.95 Å². The summed E-state index contributed by atoms with van der Waals surface area (Å²) in [4.78, 5) is 45.6. The third-order valence-electron chi connectivity index (χ3n) is 6.15. The maximum atomic E-state index is 12.8. The van der Waals surface area contributed by atoms with E-state index < -0.39 is 11.2 Å². The van der Waals surface area contributed by atoms with Gasteiger partial charge < -0.3 is 15.2 Å². The fourth-order valence-corrected chi connectivity index (χ4v) is 5.08. The van der Waals surface area contributed by atoms with Crippen LogP contribution in [0.5, 0.6) is 0 Å². The first-order valence-electron chi connectivity index (χ1n) is 11.1. The highest BCUT2D eigenvalue weighted by Crippen LogP contribution is 2.26. The van der Waals surface area contributed by atoms with E-state index in [1.54, 1.807) is 11.7 Å². The van der Waals surface area contributed by atoms with E-state index in [0.717, 1.165) is 5.69 Å². The lowest BCUT2D eigenvalue weighted by atomic mass is 9.96. The first-order chi connectivity index (χ1) is 16.9. The molecule has 5 rings (SSSR count). The molecule has 3 aromatic heterocycles. The van der Waals surface area contributed by atoms with Gasteiger partial charge in [-0.3, -0.25) is 19.1 Å². The Balaban J connectivity index is 1.44. The summed E-state index contributed by atoms with van der Waals surface area (Å²) in [7, 11) is 1.57. The van der Waals surface area contributed by atoms with Crippen LogP contribution in [-0.4, -0.2) is 64.1 Å². The highest BCUT2D eigenvalue weighted by atomic mass is 32.2. The largest absolute Gasteiger partial charge is 0.369 e. The van der Waals surface area contributed by atoms with E-state index in [0.29, 0.717) is 60.5 Å². The normalized spacial score (nSPS) is 14.6. The van der Waals surface area contributed by atoms with E-state index in [2.05, 4.69) is 25.5 Å². The van der Waals surface area contributed by atoms with Crippen LogP contribution >= 0.6 is 11.8 Å². The third-order valence-corrected chi connectivity index (χ3v) is 7.05. The molecule has 1 aromatic carbocycles. The Morgan fingerprint density at radius 3 is 2.66 bits per heavy atom. The highest BCUT2D eigenvalue weighted by Gasteiger charge is 2.28. The van der Waals surface area contributed by atoms with Gasteiger partial charge in [-0.1, -0.05) is 30.0 Å². The number of carbonyl (C=O) groups excluding carboxylic acids is 1. The van der Waals surface area contributed by atoms with Crippen molar-refractivity contribution in [3.05, 3.63) is 51.2 Å². The summed E-state index contributed by atoms with van der Waals surface area (Å²) in [6.07, 6.45) is 1.21. The second kappa shape index (κ2) is 9.37. The number of nitrogens with two attached hydrogens (primary N) is 1. The Labute approximate surface area is 202 Å². The minimum absolute atomic E-state index is 0.177. The molecule has 0 aliphatic carbocycles. The van der Waals surface area contributed by atoms with Crippen LogP contribution in [0, 0.1) is 5.92 Å². The van der Waals surface area contributed by atoms with Crippen LogP contribution in [0.25, 0.3) is 16.9 Å². The molecule has 1 fully saturated rings. The van der Waals surface area contributed by atoms with Gasteiger partial charge in [-0.05, 0) is 35.4 Å². The molecule has 1 saturated heterocycles. The van der Waals surface area contributed by atoms with Crippen molar-refractivity contribution in [1.29, 1.82) is 0 Å². The Morgan fingerprint density at radius 1 is 1.20 bits per heavy atom. The Hall–Kier alpha value is -3.94. The maximum Gasteiger partial charge on any atom is 0.329 e. The van der Waals surface area contributed by atoms with Crippen molar-refractivity contribution in [2.75, 3.05) is 23.7 Å². The number of rotatable bonds is 7. The zero-order valence-corrected chi connectivity index (χ0v) is 19.8. The monoisotopic (exact) mass is 496 g/mol. The fourth-order valence-electron chi connectivity index (χ4n) is 4.27. The molecule has 0 radical (unpaired) electrons. The number of hydrogen-bond acceptors (Lipinski definition) is 9. The lowest BCUT2D eigenvalue weighted by Crippen LogP contribution is -2.39. The highest BCUT2D eigenvalue weighted by molar-refractivity contribution is 7.99. The molecule has 0 atom stereocenters. The van der Waals surface area contributed by atoms with Gasteiger partial charge in [0.25, 0.3) is 5.56 Å². The number of anilines is 1. The molecule has 3 N–H and O–H groups in total. The van der Waals surface area contributed by atoms with Gasteiger partial charge in [0, 0.05) is 38.4 Å². The van der Waals surface area contributed by atoms with Crippen LogP contribution in [-0.2, 0) is 18.4 Å². The predicted molar refractivity (Wildman–Crippen MR) is 130 cm³/mol. The van der Waals surface area contributed by atoms with Crippen LogP contribution < -0.4 is 21.9 Å². The molecule has 4 aromatic rings. The number of aryl methyl sites for hydroxylation is 2. The number of benzene rings is 1. The molecule has 0 spiro atoms. The van der Waals surface area contributed by atoms with E-state index in [4.69, 9.17) is 5.73 Å². The number of H-pyrrole nitrogens is 1. The third kappa shape index (κ3) is 4.32. The molecular weight excluding hydrogens is 472 g/mol. The number of nitrogens with one attached hydrogen (secondary N) is 1. The van der Waals surface area contributed by atoms with Gasteiger partial charge in [0.05, 0.1) is 5.69 Å². The predicted octanol–water partition coefficient (Wildman–Crippen LogP) is -0.107. The average molecular weight is 497 g/mol. The Kier molecular flexibility index (Phi) is 6.11. The number of nitrogens with zero attached hydrogens (tertiary/aromatic N) is 8. The SMILES string of the molecule is Cn1c(=O)[nH]c(=O)c2c1nc(N1CCC(C(N)=O)CC1)n2CCSc1nnnn1-c1ccccc1. The molecular formula is C21H24N10O3S. The Bertz CT molecular complexity index is 1480. The number of aromatic nitrogens is 8. The number of primary amides is 1. The van der Waals surface area contributed by atoms with Gasteiger partial charge >= 0.3 is 5.69 Å². The summed E-state index contributed by atoms with van der Waals surface area (Å²) in [5.41, 5.74) is 5.94. The summed E-state index contributed by atoms with van der Waals surface area (Å²) in [5.74, 6) is 0.651. The molecule has 0 unspecified atom stereocenters. The van der Waals surface area contributed by atoms with Gasteiger partial charge in [0.15, 0.2) is 11.2 Å². The number of hydrogen-bond donors (Lipinski definition) is 2. The number of para-hydroxylation sites is 1. The topological polar surface area (TPSA) is 163 Å². The van der Waals surface area contributed by atoms with E-state index >= 15 is 0 Å². The summed E-state index contributed by atoms with van der Waals surface area (Å²) < 4.78 is 4.81. The number of carbonyl (C=O) groups is 1. The van der Waals surface area contributed by atoms with Gasteiger partial charge in [0.1, 0.15) is 0 Å². The molecule has 14 heteroatoms. The molecule has 1 amide bonds.